The van der Waals surface area contributed by atoms with Crippen LogP contribution in [0.15, 0.2) is 29.2 Å². The molecular formula is C18H27N3O4S. The van der Waals surface area contributed by atoms with Gasteiger partial charge in [0.15, 0.2) is 5.78 Å². The van der Waals surface area contributed by atoms with E-state index < -0.39 is 10.0 Å². The van der Waals surface area contributed by atoms with Crippen molar-refractivity contribution in [2.24, 2.45) is 0 Å². The van der Waals surface area contributed by atoms with E-state index in [-0.39, 0.29) is 23.1 Å². The van der Waals surface area contributed by atoms with Gasteiger partial charge in [0.1, 0.15) is 0 Å². The van der Waals surface area contributed by atoms with Crippen LogP contribution in [0, 0.1) is 0 Å². The van der Waals surface area contributed by atoms with Crippen molar-refractivity contribution in [3.8, 4) is 0 Å². The number of hydrogen-bond donors (Lipinski definition) is 1. The van der Waals surface area contributed by atoms with E-state index in [9.17, 15) is 18.0 Å². The van der Waals surface area contributed by atoms with E-state index in [4.69, 9.17) is 0 Å². The first-order valence-corrected chi connectivity index (χ1v) is 10.3. The van der Waals surface area contributed by atoms with Crippen molar-refractivity contribution in [3.63, 3.8) is 0 Å². The van der Waals surface area contributed by atoms with Crippen molar-refractivity contribution in [2.75, 3.05) is 39.8 Å². The van der Waals surface area contributed by atoms with Gasteiger partial charge in [0.25, 0.3) is 0 Å². The minimum absolute atomic E-state index is 0.0744. The summed E-state index contributed by atoms with van der Waals surface area (Å²) in [6.07, 6.45) is 1.75. The maximum absolute atomic E-state index is 12.6. The molecule has 0 bridgehead atoms. The number of nitrogens with zero attached hydrogens (tertiary/aromatic N) is 2. The van der Waals surface area contributed by atoms with Crippen LogP contribution in [0.3, 0.4) is 0 Å². The van der Waals surface area contributed by atoms with E-state index in [1.54, 1.807) is 0 Å². The van der Waals surface area contributed by atoms with Crippen LogP contribution in [0.1, 0.15) is 36.5 Å². The molecule has 8 heteroatoms. The zero-order valence-corrected chi connectivity index (χ0v) is 16.2. The molecule has 0 radical (unpaired) electrons. The summed E-state index contributed by atoms with van der Waals surface area (Å²) in [5, 5.41) is 3.25. The number of hydrogen-bond acceptors (Lipinski definition) is 5. The molecule has 1 aromatic carbocycles. The lowest BCUT2D eigenvalue weighted by Crippen LogP contribution is -2.35. The molecule has 1 aliphatic rings. The number of Topliss-reactive ketones (excluding diaryl/α,β-unsaturated/α-hetero) is 1. The lowest BCUT2D eigenvalue weighted by atomic mass is 10.2. The van der Waals surface area contributed by atoms with Gasteiger partial charge in [-0.2, -0.15) is 0 Å². The first-order chi connectivity index (χ1) is 12.3. The molecule has 0 atom stereocenters. The van der Waals surface area contributed by atoms with Gasteiger partial charge in [-0.05, 0) is 38.4 Å². The van der Waals surface area contributed by atoms with E-state index in [1.807, 2.05) is 4.90 Å². The Hall–Kier alpha value is -1.77. The van der Waals surface area contributed by atoms with E-state index >= 15 is 0 Å². The van der Waals surface area contributed by atoms with Crippen LogP contribution >= 0.6 is 0 Å². The van der Waals surface area contributed by atoms with Crippen LogP contribution in [0.25, 0.3) is 0 Å². The molecule has 1 amide bonds. The molecule has 0 spiro atoms. The average molecular weight is 381 g/mol. The van der Waals surface area contributed by atoms with E-state index in [1.165, 1.54) is 42.5 Å². The largest absolute Gasteiger partial charge is 0.341 e. The predicted octanol–water partition coefficient (Wildman–Crippen LogP) is 1.11. The first kappa shape index (κ1) is 20.5. The quantitative estimate of drug-likeness (QED) is 0.715. The van der Waals surface area contributed by atoms with Crippen molar-refractivity contribution in [3.05, 3.63) is 29.8 Å². The van der Waals surface area contributed by atoms with E-state index in [2.05, 4.69) is 5.32 Å². The van der Waals surface area contributed by atoms with Crippen molar-refractivity contribution >= 4 is 21.7 Å². The molecular weight excluding hydrogens is 354 g/mol. The standard InChI is InChI=1S/C18H27N3O4S/c1-15(22)16-6-8-17(9-7-16)26(24,25)20(2)12-3-5-18(23)21-13-4-10-19-11-14-21/h6-9,19H,3-5,10-14H2,1-2H3. The summed E-state index contributed by atoms with van der Waals surface area (Å²) in [6.45, 7) is 4.89. The molecule has 1 aliphatic heterocycles. The van der Waals surface area contributed by atoms with Crippen molar-refractivity contribution < 1.29 is 18.0 Å². The zero-order chi connectivity index (χ0) is 19.2. The van der Waals surface area contributed by atoms with Gasteiger partial charge in [-0.15, -0.1) is 0 Å². The summed E-state index contributed by atoms with van der Waals surface area (Å²) in [4.78, 5) is 25.5. The van der Waals surface area contributed by atoms with Crippen LogP contribution in [0.5, 0.6) is 0 Å². The molecule has 1 N–H and O–H groups in total. The fourth-order valence-electron chi connectivity index (χ4n) is 2.87. The number of carbonyl (C=O) groups is 2. The Morgan fingerprint density at radius 2 is 1.85 bits per heavy atom. The summed E-state index contributed by atoms with van der Waals surface area (Å²) in [5.41, 5.74) is 0.476. The molecule has 7 nitrogen and oxygen atoms in total. The molecule has 1 aromatic rings. The van der Waals surface area contributed by atoms with Gasteiger partial charge in [-0.1, -0.05) is 12.1 Å². The molecule has 26 heavy (non-hydrogen) atoms. The zero-order valence-electron chi connectivity index (χ0n) is 15.4. The number of benzene rings is 1. The third-order valence-electron chi connectivity index (χ3n) is 4.53. The van der Waals surface area contributed by atoms with Crippen molar-refractivity contribution in [1.82, 2.24) is 14.5 Å². The molecule has 0 aliphatic carbocycles. The predicted molar refractivity (Wildman–Crippen MR) is 99.6 cm³/mol. The minimum atomic E-state index is -3.62. The van der Waals surface area contributed by atoms with Crippen LogP contribution in [-0.4, -0.2) is 69.1 Å². The number of ketones is 1. The van der Waals surface area contributed by atoms with Gasteiger partial charge in [-0.25, -0.2) is 12.7 Å². The van der Waals surface area contributed by atoms with Crippen LogP contribution < -0.4 is 5.32 Å². The molecule has 144 valence electrons. The Morgan fingerprint density at radius 3 is 2.50 bits per heavy atom. The van der Waals surface area contributed by atoms with Crippen molar-refractivity contribution in [2.45, 2.75) is 31.1 Å². The molecule has 0 unspecified atom stereocenters. The monoisotopic (exact) mass is 381 g/mol. The third kappa shape index (κ3) is 5.36. The highest BCUT2D eigenvalue weighted by atomic mass is 32.2. The summed E-state index contributed by atoms with van der Waals surface area (Å²) in [5.74, 6) is -0.0326. The van der Waals surface area contributed by atoms with E-state index in [0.717, 1.165) is 26.1 Å². The second-order valence-corrected chi connectivity index (χ2v) is 8.54. The molecule has 1 heterocycles. The van der Waals surface area contributed by atoms with Crippen LogP contribution in [0.4, 0.5) is 0 Å². The SMILES string of the molecule is CC(=O)c1ccc(S(=O)(=O)N(C)CCCC(=O)N2CCCNCC2)cc1. The van der Waals surface area contributed by atoms with Gasteiger partial charge in [-0.3, -0.25) is 9.59 Å². The normalized spacial score (nSPS) is 15.7. The highest BCUT2D eigenvalue weighted by Gasteiger charge is 2.21. The van der Waals surface area contributed by atoms with Crippen LogP contribution in [0.2, 0.25) is 0 Å². The van der Waals surface area contributed by atoms with E-state index in [0.29, 0.717) is 24.9 Å². The van der Waals surface area contributed by atoms with Crippen molar-refractivity contribution in [1.29, 1.82) is 0 Å². The fraction of sp³-hybridized carbons (Fsp3) is 0.556. The van der Waals surface area contributed by atoms with Gasteiger partial charge < -0.3 is 10.2 Å². The lowest BCUT2D eigenvalue weighted by Gasteiger charge is -2.21. The number of carbonyl (C=O) groups excluding carboxylic acids is 2. The second kappa shape index (κ2) is 9.25. The smallest absolute Gasteiger partial charge is 0.242 e. The number of sulfonamides is 1. The topological polar surface area (TPSA) is 86.8 Å². The Labute approximate surface area is 155 Å². The van der Waals surface area contributed by atoms with Crippen LogP contribution in [-0.2, 0) is 14.8 Å². The van der Waals surface area contributed by atoms with Gasteiger partial charge >= 0.3 is 0 Å². The second-order valence-electron chi connectivity index (χ2n) is 6.50. The molecule has 0 aromatic heterocycles. The summed E-state index contributed by atoms with van der Waals surface area (Å²) < 4.78 is 26.4. The van der Waals surface area contributed by atoms with Gasteiger partial charge in [0.05, 0.1) is 4.90 Å². The Morgan fingerprint density at radius 1 is 1.15 bits per heavy atom. The maximum Gasteiger partial charge on any atom is 0.242 e. The molecule has 1 fully saturated rings. The summed E-state index contributed by atoms with van der Waals surface area (Å²) >= 11 is 0. The minimum Gasteiger partial charge on any atom is -0.341 e. The van der Waals surface area contributed by atoms with Gasteiger partial charge in [0, 0.05) is 45.2 Å². The first-order valence-electron chi connectivity index (χ1n) is 8.88. The Bertz CT molecular complexity index is 723. The molecule has 1 saturated heterocycles. The third-order valence-corrected chi connectivity index (χ3v) is 6.40. The number of amides is 1. The molecule has 2 rings (SSSR count). The Kier molecular flexibility index (Phi) is 7.31. The lowest BCUT2D eigenvalue weighted by molar-refractivity contribution is -0.131. The Balaban J connectivity index is 1.88. The highest BCUT2D eigenvalue weighted by Crippen LogP contribution is 2.16. The fourth-order valence-corrected chi connectivity index (χ4v) is 4.08. The van der Waals surface area contributed by atoms with Gasteiger partial charge in [0.2, 0.25) is 15.9 Å². The number of rotatable bonds is 7. The molecule has 0 saturated carbocycles. The summed E-state index contributed by atoms with van der Waals surface area (Å²) in [7, 11) is -2.11. The highest BCUT2D eigenvalue weighted by molar-refractivity contribution is 7.89. The number of nitrogens with one attached hydrogen (secondary N) is 1. The maximum atomic E-state index is 12.6. The average Bonchev–Trinajstić information content (AvgIpc) is 2.91. The summed E-state index contributed by atoms with van der Waals surface area (Å²) in [6, 6.07) is 5.91.